The minimum absolute atomic E-state index is 0.115. The van der Waals surface area contributed by atoms with Gasteiger partial charge in [0.1, 0.15) is 17.0 Å². The molecule has 2 aromatic rings. The summed E-state index contributed by atoms with van der Waals surface area (Å²) in [6.45, 7) is 19.8. The Morgan fingerprint density at radius 3 is 2.33 bits per heavy atom. The van der Waals surface area contributed by atoms with Crippen LogP contribution in [0.25, 0.3) is 0 Å². The summed E-state index contributed by atoms with van der Waals surface area (Å²) in [7, 11) is 0. The quantitative estimate of drug-likeness (QED) is 0.303. The predicted octanol–water partition coefficient (Wildman–Crippen LogP) is 6.73. The van der Waals surface area contributed by atoms with Crippen LogP contribution in [0, 0.1) is 0 Å². The third kappa shape index (κ3) is 10.2. The van der Waals surface area contributed by atoms with Gasteiger partial charge in [-0.2, -0.15) is 5.10 Å². The molecule has 1 unspecified atom stereocenters. The van der Waals surface area contributed by atoms with Gasteiger partial charge in [-0.3, -0.25) is 4.98 Å². The Balaban J connectivity index is 1.85. The van der Waals surface area contributed by atoms with E-state index in [-0.39, 0.29) is 18.1 Å². The van der Waals surface area contributed by atoms with E-state index in [9.17, 15) is 14.7 Å². The molecule has 2 heterocycles. The van der Waals surface area contributed by atoms with Crippen molar-refractivity contribution in [3.8, 4) is 0 Å². The lowest BCUT2D eigenvalue weighted by atomic mass is 10.0. The molecule has 1 fully saturated rings. The molecule has 0 radical (unpaired) electrons. The first-order valence-electron chi connectivity index (χ1n) is 15.2. The van der Waals surface area contributed by atoms with E-state index in [1.165, 1.54) is 0 Å². The topological polar surface area (TPSA) is 128 Å². The number of amides is 2. The average molecular weight is 602 g/mol. The van der Waals surface area contributed by atoms with Gasteiger partial charge in [0.05, 0.1) is 34.8 Å². The van der Waals surface area contributed by atoms with Crippen LogP contribution in [0.1, 0.15) is 118 Å². The van der Waals surface area contributed by atoms with Gasteiger partial charge in [-0.15, -0.1) is 0 Å². The van der Waals surface area contributed by atoms with Gasteiger partial charge in [0, 0.05) is 31.3 Å². The maximum absolute atomic E-state index is 13.8. The van der Waals surface area contributed by atoms with Crippen LogP contribution in [0.5, 0.6) is 0 Å². The van der Waals surface area contributed by atoms with Crippen molar-refractivity contribution in [1.29, 1.82) is 0 Å². The van der Waals surface area contributed by atoms with Gasteiger partial charge in [-0.05, 0) is 107 Å². The zero-order valence-corrected chi connectivity index (χ0v) is 27.6. The molecular formula is C32H51N5O6. The van der Waals surface area contributed by atoms with Crippen LogP contribution < -0.4 is 10.2 Å². The summed E-state index contributed by atoms with van der Waals surface area (Å²) in [5.74, 6) is 0.696. The average Bonchev–Trinajstić information content (AvgIpc) is 3.48. The highest BCUT2D eigenvalue weighted by Gasteiger charge is 2.34. The van der Waals surface area contributed by atoms with E-state index in [1.807, 2.05) is 86.1 Å². The molecule has 11 heteroatoms. The van der Waals surface area contributed by atoms with Crippen molar-refractivity contribution >= 4 is 23.7 Å². The number of ether oxygens (including phenoxy) is 3. The van der Waals surface area contributed by atoms with E-state index in [2.05, 4.69) is 10.3 Å². The van der Waals surface area contributed by atoms with Crippen molar-refractivity contribution in [3.05, 3.63) is 35.8 Å². The molecule has 0 spiro atoms. The molecule has 2 aromatic heterocycles. The monoisotopic (exact) mass is 601 g/mol. The molecule has 2 amide bonds. The molecule has 0 bridgehead atoms. The van der Waals surface area contributed by atoms with Crippen molar-refractivity contribution in [2.24, 2.45) is 0 Å². The Hall–Kier alpha value is -3.18. The fourth-order valence-electron chi connectivity index (χ4n) is 4.83. The van der Waals surface area contributed by atoms with Crippen LogP contribution >= 0.6 is 0 Å². The molecule has 11 nitrogen and oxygen atoms in total. The number of aliphatic hydroxyl groups is 1. The number of hydrogen-bond acceptors (Lipinski definition) is 8. The zero-order chi connectivity index (χ0) is 32.2. The Morgan fingerprint density at radius 2 is 1.74 bits per heavy atom. The van der Waals surface area contributed by atoms with E-state index in [0.717, 1.165) is 18.5 Å². The first-order valence-corrected chi connectivity index (χ1v) is 15.2. The standard InChI is InChI=1S/C32H51N5O6/c1-21(41-17-11-15-34-28(39)42-31(5,6)7)25-19-23(14-16-33-25)36(29(40)43-32(8,9)10)27-20-26(22-12-13-24(38)18-22)35-37(27)30(2,3)4/h14,16,19-22,24,38H,11-13,15,17-18H2,1-10H3,(H,34,39)/t21?,22-,24+/m0/s1. The second kappa shape index (κ2) is 13.6. The van der Waals surface area contributed by atoms with Gasteiger partial charge in [0.25, 0.3) is 0 Å². The van der Waals surface area contributed by atoms with Gasteiger partial charge < -0.3 is 24.6 Å². The van der Waals surface area contributed by atoms with E-state index in [1.54, 1.807) is 17.2 Å². The number of carbonyl (C=O) groups is 2. The number of rotatable bonds is 9. The number of hydrogen-bond donors (Lipinski definition) is 2. The Bertz CT molecular complexity index is 1240. The van der Waals surface area contributed by atoms with Gasteiger partial charge in [0.2, 0.25) is 0 Å². The summed E-state index contributed by atoms with van der Waals surface area (Å²) in [6, 6.07) is 5.53. The molecule has 0 aromatic carbocycles. The summed E-state index contributed by atoms with van der Waals surface area (Å²) in [6.07, 6.45) is 2.77. The molecule has 3 atom stereocenters. The lowest BCUT2D eigenvalue weighted by molar-refractivity contribution is 0.0481. The number of alkyl carbamates (subject to hydrolysis) is 1. The number of pyridine rings is 1. The SMILES string of the molecule is CC(OCCCNC(=O)OC(C)(C)C)c1cc(N(C(=O)OC(C)(C)C)c2cc([C@H]3CC[C@@H](O)C3)nn2C(C)(C)C)ccn1. The van der Waals surface area contributed by atoms with Crippen LogP contribution in [-0.2, 0) is 19.7 Å². The number of carbonyl (C=O) groups excluding carboxylic acids is 2. The molecule has 2 N–H and O–H groups in total. The minimum Gasteiger partial charge on any atom is -0.444 e. The van der Waals surface area contributed by atoms with Crippen molar-refractivity contribution in [3.63, 3.8) is 0 Å². The van der Waals surface area contributed by atoms with Crippen LogP contribution in [0.2, 0.25) is 0 Å². The van der Waals surface area contributed by atoms with Gasteiger partial charge in [-0.1, -0.05) is 0 Å². The third-order valence-electron chi connectivity index (χ3n) is 6.77. The molecule has 3 rings (SSSR count). The molecular weight excluding hydrogens is 550 g/mol. The number of nitrogens with zero attached hydrogens (tertiary/aromatic N) is 4. The molecule has 1 saturated carbocycles. The normalized spacial score (nSPS) is 18.3. The number of nitrogens with one attached hydrogen (secondary N) is 1. The van der Waals surface area contributed by atoms with Gasteiger partial charge in [0.15, 0.2) is 0 Å². The lowest BCUT2D eigenvalue weighted by Crippen LogP contribution is -2.37. The Kier molecular flexibility index (Phi) is 10.9. The van der Waals surface area contributed by atoms with E-state index >= 15 is 0 Å². The van der Waals surface area contributed by atoms with E-state index in [0.29, 0.717) is 43.2 Å². The highest BCUT2D eigenvalue weighted by Crippen LogP contribution is 2.39. The van der Waals surface area contributed by atoms with E-state index < -0.39 is 28.9 Å². The molecule has 1 aliphatic rings. The highest BCUT2D eigenvalue weighted by atomic mass is 16.6. The van der Waals surface area contributed by atoms with Crippen molar-refractivity contribution < 1.29 is 28.9 Å². The van der Waals surface area contributed by atoms with E-state index in [4.69, 9.17) is 19.3 Å². The fraction of sp³-hybridized carbons (Fsp3) is 0.688. The maximum Gasteiger partial charge on any atom is 0.420 e. The molecule has 240 valence electrons. The van der Waals surface area contributed by atoms with Crippen molar-refractivity contribution in [2.45, 2.75) is 130 Å². The first kappa shape index (κ1) is 34.3. The number of anilines is 2. The summed E-state index contributed by atoms with van der Waals surface area (Å²) < 4.78 is 19.0. The zero-order valence-electron chi connectivity index (χ0n) is 27.6. The summed E-state index contributed by atoms with van der Waals surface area (Å²) in [4.78, 5) is 31.7. The lowest BCUT2D eigenvalue weighted by Gasteiger charge is -2.31. The summed E-state index contributed by atoms with van der Waals surface area (Å²) >= 11 is 0. The number of aromatic nitrogens is 3. The summed E-state index contributed by atoms with van der Waals surface area (Å²) in [5, 5.41) is 17.9. The second-order valence-corrected chi connectivity index (χ2v) is 14.2. The predicted molar refractivity (Wildman–Crippen MR) is 166 cm³/mol. The fourth-order valence-corrected chi connectivity index (χ4v) is 4.83. The highest BCUT2D eigenvalue weighted by molar-refractivity contribution is 5.95. The smallest absolute Gasteiger partial charge is 0.420 e. The van der Waals surface area contributed by atoms with Gasteiger partial charge in [-0.25, -0.2) is 19.2 Å². The maximum atomic E-state index is 13.8. The molecule has 0 saturated heterocycles. The largest absolute Gasteiger partial charge is 0.444 e. The van der Waals surface area contributed by atoms with Crippen molar-refractivity contribution in [2.75, 3.05) is 18.1 Å². The minimum atomic E-state index is -0.722. The Morgan fingerprint density at radius 1 is 1.07 bits per heavy atom. The van der Waals surface area contributed by atoms with Crippen LogP contribution in [0.3, 0.4) is 0 Å². The first-order chi connectivity index (χ1) is 19.8. The summed E-state index contributed by atoms with van der Waals surface area (Å²) in [5.41, 5.74) is 0.354. The Labute approximate surface area is 256 Å². The van der Waals surface area contributed by atoms with Crippen LogP contribution in [-0.4, -0.2) is 62.5 Å². The van der Waals surface area contributed by atoms with Crippen LogP contribution in [0.15, 0.2) is 24.4 Å². The molecule has 43 heavy (non-hydrogen) atoms. The van der Waals surface area contributed by atoms with Gasteiger partial charge >= 0.3 is 12.2 Å². The van der Waals surface area contributed by atoms with Crippen molar-refractivity contribution in [1.82, 2.24) is 20.1 Å². The third-order valence-corrected chi connectivity index (χ3v) is 6.77. The van der Waals surface area contributed by atoms with Crippen LogP contribution in [0.4, 0.5) is 21.1 Å². The molecule has 1 aliphatic carbocycles. The second-order valence-electron chi connectivity index (χ2n) is 14.2. The molecule has 0 aliphatic heterocycles. The number of aliphatic hydroxyl groups excluding tert-OH is 1.